The van der Waals surface area contributed by atoms with E-state index in [0.29, 0.717) is 16.8 Å². The monoisotopic (exact) mass is 309 g/mol. The van der Waals surface area contributed by atoms with E-state index < -0.39 is 0 Å². The Morgan fingerprint density at radius 2 is 2.17 bits per heavy atom. The molecule has 0 aliphatic heterocycles. The second-order valence-corrected chi connectivity index (χ2v) is 4.52. The van der Waals surface area contributed by atoms with Gasteiger partial charge in [-0.3, -0.25) is 4.79 Å². The highest BCUT2D eigenvalue weighted by molar-refractivity contribution is 9.10. The van der Waals surface area contributed by atoms with Crippen LogP contribution in [-0.2, 0) is 13.2 Å². The van der Waals surface area contributed by atoms with E-state index in [9.17, 15) is 4.79 Å². The molecule has 1 heterocycles. The number of H-pyrrole nitrogens is 1. The van der Waals surface area contributed by atoms with Gasteiger partial charge in [0.05, 0.1) is 12.9 Å². The first-order valence-electron chi connectivity index (χ1n) is 5.36. The second-order valence-electron chi connectivity index (χ2n) is 3.73. The standard InChI is InChI=1S/C12H12BrN3O2/c13-10-11(15-7-16-12(10)18)14-5-8-2-1-3-9(4-8)6-17/h1-4,7,17H,5-6H2,(H2,14,15,16,18). The molecular weight excluding hydrogens is 298 g/mol. The molecule has 0 saturated heterocycles. The van der Waals surface area contributed by atoms with Crippen LogP contribution in [0.25, 0.3) is 0 Å². The molecule has 0 fully saturated rings. The summed E-state index contributed by atoms with van der Waals surface area (Å²) in [6, 6.07) is 7.56. The first-order chi connectivity index (χ1) is 8.70. The van der Waals surface area contributed by atoms with Crippen LogP contribution in [0.4, 0.5) is 5.82 Å². The van der Waals surface area contributed by atoms with Gasteiger partial charge in [-0.25, -0.2) is 4.98 Å². The van der Waals surface area contributed by atoms with Crippen molar-refractivity contribution in [3.63, 3.8) is 0 Å². The number of hydrogen-bond donors (Lipinski definition) is 3. The van der Waals surface area contributed by atoms with Gasteiger partial charge in [-0.05, 0) is 27.1 Å². The van der Waals surface area contributed by atoms with E-state index in [-0.39, 0.29) is 12.2 Å². The van der Waals surface area contributed by atoms with Crippen molar-refractivity contribution in [2.45, 2.75) is 13.2 Å². The Hall–Kier alpha value is -1.66. The summed E-state index contributed by atoms with van der Waals surface area (Å²) in [5.74, 6) is 0.494. The molecule has 0 bridgehead atoms. The fourth-order valence-electron chi connectivity index (χ4n) is 1.53. The molecular formula is C12H12BrN3O2. The lowest BCUT2D eigenvalue weighted by atomic mass is 10.1. The van der Waals surface area contributed by atoms with Gasteiger partial charge in [0.15, 0.2) is 0 Å². The number of aliphatic hydroxyl groups is 1. The SMILES string of the molecule is O=c1[nH]cnc(NCc2cccc(CO)c2)c1Br. The quantitative estimate of drug-likeness (QED) is 0.802. The molecule has 6 heteroatoms. The molecule has 1 aromatic heterocycles. The minimum Gasteiger partial charge on any atom is -0.392 e. The van der Waals surface area contributed by atoms with E-state index in [1.165, 1.54) is 6.33 Å². The second kappa shape index (κ2) is 5.79. The average molecular weight is 310 g/mol. The highest BCUT2D eigenvalue weighted by Gasteiger charge is 2.04. The predicted molar refractivity (Wildman–Crippen MR) is 72.2 cm³/mol. The first-order valence-corrected chi connectivity index (χ1v) is 6.15. The van der Waals surface area contributed by atoms with Crippen LogP contribution in [0.15, 0.2) is 39.9 Å². The van der Waals surface area contributed by atoms with Gasteiger partial charge < -0.3 is 15.4 Å². The van der Waals surface area contributed by atoms with Crippen molar-refractivity contribution in [2.75, 3.05) is 5.32 Å². The molecule has 0 radical (unpaired) electrons. The maximum atomic E-state index is 11.3. The van der Waals surface area contributed by atoms with E-state index >= 15 is 0 Å². The Labute approximate surface area is 112 Å². The minimum atomic E-state index is -0.225. The van der Waals surface area contributed by atoms with Crippen molar-refractivity contribution in [1.29, 1.82) is 0 Å². The lowest BCUT2D eigenvalue weighted by molar-refractivity contribution is 0.281. The third kappa shape index (κ3) is 2.96. The predicted octanol–water partition coefficient (Wildman–Crippen LogP) is 1.64. The molecule has 5 nitrogen and oxygen atoms in total. The van der Waals surface area contributed by atoms with Crippen LogP contribution in [0, 0.1) is 0 Å². The van der Waals surface area contributed by atoms with Gasteiger partial charge in [-0.1, -0.05) is 24.3 Å². The molecule has 0 spiro atoms. The number of anilines is 1. The highest BCUT2D eigenvalue weighted by atomic mass is 79.9. The summed E-state index contributed by atoms with van der Waals surface area (Å²) in [5, 5.41) is 12.1. The molecule has 2 rings (SSSR count). The van der Waals surface area contributed by atoms with Crippen LogP contribution >= 0.6 is 15.9 Å². The Morgan fingerprint density at radius 1 is 1.39 bits per heavy atom. The van der Waals surface area contributed by atoms with E-state index in [1.807, 2.05) is 24.3 Å². The number of aliphatic hydroxyl groups excluding tert-OH is 1. The Balaban J connectivity index is 2.11. The summed E-state index contributed by atoms with van der Waals surface area (Å²) >= 11 is 3.17. The number of aromatic amines is 1. The number of benzene rings is 1. The Bertz CT molecular complexity index is 598. The molecule has 3 N–H and O–H groups in total. The van der Waals surface area contributed by atoms with Crippen molar-refractivity contribution in [2.24, 2.45) is 0 Å². The maximum Gasteiger partial charge on any atom is 0.267 e. The minimum absolute atomic E-state index is 0.0147. The number of halogens is 1. The van der Waals surface area contributed by atoms with Crippen molar-refractivity contribution < 1.29 is 5.11 Å². The fraction of sp³-hybridized carbons (Fsp3) is 0.167. The van der Waals surface area contributed by atoms with Crippen LogP contribution < -0.4 is 10.9 Å². The maximum absolute atomic E-state index is 11.3. The summed E-state index contributed by atoms with van der Waals surface area (Å²) in [7, 11) is 0. The van der Waals surface area contributed by atoms with E-state index in [1.54, 1.807) is 0 Å². The lowest BCUT2D eigenvalue weighted by Crippen LogP contribution is -2.12. The Morgan fingerprint density at radius 3 is 2.94 bits per heavy atom. The van der Waals surface area contributed by atoms with Gasteiger partial charge in [0.2, 0.25) is 0 Å². The number of nitrogens with one attached hydrogen (secondary N) is 2. The first kappa shape index (κ1) is 12.8. The summed E-state index contributed by atoms with van der Waals surface area (Å²) in [6.45, 7) is 0.545. The Kier molecular flexibility index (Phi) is 4.11. The summed E-state index contributed by atoms with van der Waals surface area (Å²) in [6.07, 6.45) is 1.35. The van der Waals surface area contributed by atoms with Crippen LogP contribution in [0.2, 0.25) is 0 Å². The fourth-order valence-corrected chi connectivity index (χ4v) is 1.89. The smallest absolute Gasteiger partial charge is 0.267 e. The zero-order valence-corrected chi connectivity index (χ0v) is 11.1. The summed E-state index contributed by atoms with van der Waals surface area (Å²) < 4.78 is 0.378. The molecule has 2 aromatic rings. The number of rotatable bonds is 4. The normalized spacial score (nSPS) is 10.3. The summed E-state index contributed by atoms with van der Waals surface area (Å²) in [5.41, 5.74) is 1.64. The van der Waals surface area contributed by atoms with Gasteiger partial charge in [0.25, 0.3) is 5.56 Å². The lowest BCUT2D eigenvalue weighted by Gasteiger charge is -2.07. The average Bonchev–Trinajstić information content (AvgIpc) is 2.41. The van der Waals surface area contributed by atoms with Crippen LogP contribution in [0.5, 0.6) is 0 Å². The van der Waals surface area contributed by atoms with Gasteiger partial charge in [0, 0.05) is 6.54 Å². The molecule has 0 unspecified atom stereocenters. The molecule has 1 aromatic carbocycles. The zero-order valence-electron chi connectivity index (χ0n) is 9.48. The van der Waals surface area contributed by atoms with Crippen molar-refractivity contribution >= 4 is 21.7 Å². The molecule has 18 heavy (non-hydrogen) atoms. The van der Waals surface area contributed by atoms with E-state index in [2.05, 4.69) is 31.2 Å². The number of aromatic nitrogens is 2. The van der Waals surface area contributed by atoms with Crippen LogP contribution in [0.1, 0.15) is 11.1 Å². The molecule has 0 amide bonds. The third-order valence-electron chi connectivity index (χ3n) is 2.43. The van der Waals surface area contributed by atoms with Gasteiger partial charge in [-0.2, -0.15) is 0 Å². The largest absolute Gasteiger partial charge is 0.392 e. The summed E-state index contributed by atoms with van der Waals surface area (Å²) in [4.78, 5) is 17.8. The van der Waals surface area contributed by atoms with Gasteiger partial charge in [0.1, 0.15) is 10.3 Å². The van der Waals surface area contributed by atoms with Crippen LogP contribution in [-0.4, -0.2) is 15.1 Å². The van der Waals surface area contributed by atoms with Crippen LogP contribution in [0.3, 0.4) is 0 Å². The number of hydrogen-bond acceptors (Lipinski definition) is 4. The molecule has 94 valence electrons. The number of nitrogens with zero attached hydrogens (tertiary/aromatic N) is 1. The third-order valence-corrected chi connectivity index (χ3v) is 3.17. The van der Waals surface area contributed by atoms with Crippen molar-refractivity contribution in [1.82, 2.24) is 9.97 Å². The van der Waals surface area contributed by atoms with E-state index in [4.69, 9.17) is 5.11 Å². The molecule has 0 atom stereocenters. The van der Waals surface area contributed by atoms with Gasteiger partial charge in [-0.15, -0.1) is 0 Å². The van der Waals surface area contributed by atoms with Crippen molar-refractivity contribution in [3.05, 3.63) is 56.5 Å². The molecule has 0 aliphatic rings. The zero-order chi connectivity index (χ0) is 13.0. The molecule has 0 aliphatic carbocycles. The van der Waals surface area contributed by atoms with Crippen molar-refractivity contribution in [3.8, 4) is 0 Å². The topological polar surface area (TPSA) is 78.0 Å². The highest BCUT2D eigenvalue weighted by Crippen LogP contribution is 2.14. The molecule has 0 saturated carbocycles. The van der Waals surface area contributed by atoms with E-state index in [0.717, 1.165) is 11.1 Å². The van der Waals surface area contributed by atoms with Gasteiger partial charge >= 0.3 is 0 Å².